The molecule has 0 bridgehead atoms. The normalized spacial score (nSPS) is 11.1. The van der Waals surface area contributed by atoms with Crippen LogP contribution in [0.3, 0.4) is 0 Å². The third kappa shape index (κ3) is 3.61. The fourth-order valence-corrected chi connectivity index (χ4v) is 3.43. The first-order chi connectivity index (χ1) is 13.6. The number of aromatic nitrogens is 5. The van der Waals surface area contributed by atoms with Crippen LogP contribution in [0.15, 0.2) is 54.7 Å². The monoisotopic (exact) mass is 394 g/mol. The topological polar surface area (TPSA) is 77.1 Å². The van der Waals surface area contributed by atoms with E-state index in [0.717, 1.165) is 17.0 Å². The average Bonchev–Trinajstić information content (AvgIpc) is 3.23. The van der Waals surface area contributed by atoms with Crippen molar-refractivity contribution in [2.75, 3.05) is 6.54 Å². The zero-order valence-corrected chi connectivity index (χ0v) is 16.1. The predicted octanol–water partition coefficient (Wildman–Crippen LogP) is 2.91. The molecule has 0 unspecified atom stereocenters. The number of hydrogen-bond acceptors (Lipinski definition) is 4. The van der Waals surface area contributed by atoms with Crippen LogP contribution in [0.4, 0.5) is 0 Å². The van der Waals surface area contributed by atoms with E-state index in [1.807, 2.05) is 59.1 Å². The van der Waals surface area contributed by atoms with Gasteiger partial charge in [-0.15, -0.1) is 10.2 Å². The van der Waals surface area contributed by atoms with Crippen molar-refractivity contribution >= 4 is 23.2 Å². The Labute approximate surface area is 167 Å². The van der Waals surface area contributed by atoms with Crippen molar-refractivity contribution in [2.45, 2.75) is 19.9 Å². The first-order valence-corrected chi connectivity index (χ1v) is 9.35. The summed E-state index contributed by atoms with van der Waals surface area (Å²) in [6.07, 6.45) is 2.47. The second-order valence-corrected chi connectivity index (χ2v) is 6.80. The molecule has 0 aliphatic rings. The Kier molecular flexibility index (Phi) is 5.08. The number of rotatable bonds is 6. The second kappa shape index (κ2) is 7.82. The first-order valence-electron chi connectivity index (χ1n) is 8.97. The van der Waals surface area contributed by atoms with Crippen LogP contribution >= 0.6 is 11.6 Å². The van der Waals surface area contributed by atoms with Crippen LogP contribution < -0.4 is 5.32 Å². The van der Waals surface area contributed by atoms with Crippen molar-refractivity contribution in [1.29, 1.82) is 0 Å². The molecule has 0 radical (unpaired) electrons. The molecule has 0 atom stereocenters. The third-order valence-corrected chi connectivity index (χ3v) is 4.87. The lowest BCUT2D eigenvalue weighted by atomic mass is 10.2. The van der Waals surface area contributed by atoms with Crippen LogP contribution in [0.2, 0.25) is 5.15 Å². The summed E-state index contributed by atoms with van der Waals surface area (Å²) in [7, 11) is 0. The Morgan fingerprint density at radius 1 is 1.11 bits per heavy atom. The third-order valence-electron chi connectivity index (χ3n) is 4.49. The highest BCUT2D eigenvalue weighted by Crippen LogP contribution is 2.21. The predicted molar refractivity (Wildman–Crippen MR) is 107 cm³/mol. The number of fused-ring (bicyclic) bond motifs is 1. The Bertz CT molecular complexity index is 1120. The summed E-state index contributed by atoms with van der Waals surface area (Å²) in [4.78, 5) is 12.7. The van der Waals surface area contributed by atoms with Gasteiger partial charge in [0.15, 0.2) is 5.65 Å². The number of benzene rings is 1. The summed E-state index contributed by atoms with van der Waals surface area (Å²) in [6.45, 7) is 2.72. The van der Waals surface area contributed by atoms with Crippen molar-refractivity contribution in [3.8, 4) is 0 Å². The summed E-state index contributed by atoms with van der Waals surface area (Å²) in [5, 5.41) is 15.9. The van der Waals surface area contributed by atoms with Crippen molar-refractivity contribution < 1.29 is 4.79 Å². The van der Waals surface area contributed by atoms with E-state index >= 15 is 0 Å². The van der Waals surface area contributed by atoms with Crippen molar-refractivity contribution in [3.05, 3.63) is 82.5 Å². The van der Waals surface area contributed by atoms with E-state index in [1.54, 1.807) is 11.6 Å². The molecular weight excluding hydrogens is 376 g/mol. The maximum Gasteiger partial charge on any atom is 0.256 e. The number of nitrogens with zero attached hydrogens (tertiary/aromatic N) is 5. The molecule has 0 fully saturated rings. The number of aryl methyl sites for hydroxylation is 1. The van der Waals surface area contributed by atoms with Crippen molar-refractivity contribution in [2.24, 2.45) is 0 Å². The molecule has 7 nitrogen and oxygen atoms in total. The lowest BCUT2D eigenvalue weighted by molar-refractivity contribution is 0.0953. The van der Waals surface area contributed by atoms with E-state index in [9.17, 15) is 4.79 Å². The molecule has 0 saturated heterocycles. The molecule has 3 aromatic heterocycles. The minimum Gasteiger partial charge on any atom is -0.351 e. The summed E-state index contributed by atoms with van der Waals surface area (Å²) in [5.74, 6) is 0.550. The van der Waals surface area contributed by atoms with Gasteiger partial charge in [0.05, 0.1) is 17.8 Å². The average molecular weight is 395 g/mol. The molecule has 8 heteroatoms. The van der Waals surface area contributed by atoms with Crippen molar-refractivity contribution in [3.63, 3.8) is 0 Å². The van der Waals surface area contributed by atoms with Crippen LogP contribution in [0.5, 0.6) is 0 Å². The number of pyridine rings is 1. The lowest BCUT2D eigenvalue weighted by Crippen LogP contribution is -2.26. The fraction of sp³-hybridized carbons (Fsp3) is 0.200. The molecule has 1 aromatic carbocycles. The smallest absolute Gasteiger partial charge is 0.256 e. The van der Waals surface area contributed by atoms with Gasteiger partial charge in [-0.2, -0.15) is 5.10 Å². The standard InChI is InChI=1S/C20H19ClN6O/c1-14-18(19(21)27(25-14)13-15-7-3-2-4-8-15)20(28)22-11-10-17-24-23-16-9-5-6-12-26(16)17/h2-9,12H,10-11,13H2,1H3,(H,22,28). The molecular formula is C20H19ClN6O. The van der Waals surface area contributed by atoms with Crippen LogP contribution in [0.1, 0.15) is 27.4 Å². The molecule has 28 heavy (non-hydrogen) atoms. The largest absolute Gasteiger partial charge is 0.351 e. The first kappa shape index (κ1) is 18.2. The molecule has 0 aliphatic heterocycles. The van der Waals surface area contributed by atoms with Gasteiger partial charge in [-0.1, -0.05) is 48.0 Å². The molecule has 0 spiro atoms. The molecule has 4 rings (SSSR count). The van der Waals surface area contributed by atoms with E-state index in [1.165, 1.54) is 0 Å². The quantitative estimate of drug-likeness (QED) is 0.545. The molecule has 142 valence electrons. The minimum atomic E-state index is -0.240. The Hall–Kier alpha value is -3.19. The number of halogens is 1. The molecule has 0 saturated carbocycles. The minimum absolute atomic E-state index is 0.240. The van der Waals surface area contributed by atoms with E-state index in [4.69, 9.17) is 11.6 Å². The van der Waals surface area contributed by atoms with Gasteiger partial charge in [0, 0.05) is 19.2 Å². The van der Waals surface area contributed by atoms with E-state index < -0.39 is 0 Å². The maximum atomic E-state index is 12.7. The molecule has 0 aliphatic carbocycles. The van der Waals surface area contributed by atoms with Crippen LogP contribution in [0, 0.1) is 6.92 Å². The highest BCUT2D eigenvalue weighted by atomic mass is 35.5. The summed E-state index contributed by atoms with van der Waals surface area (Å²) in [5.41, 5.74) is 2.86. The summed E-state index contributed by atoms with van der Waals surface area (Å²) in [6, 6.07) is 15.6. The van der Waals surface area contributed by atoms with Gasteiger partial charge in [0.2, 0.25) is 0 Å². The molecule has 1 N–H and O–H groups in total. The zero-order valence-electron chi connectivity index (χ0n) is 15.3. The maximum absolute atomic E-state index is 12.7. The highest BCUT2D eigenvalue weighted by Gasteiger charge is 2.20. The SMILES string of the molecule is Cc1nn(Cc2ccccc2)c(Cl)c1C(=O)NCCc1nnc2ccccn12. The van der Waals surface area contributed by atoms with Gasteiger partial charge < -0.3 is 5.32 Å². The van der Waals surface area contributed by atoms with Gasteiger partial charge in [-0.25, -0.2) is 4.68 Å². The van der Waals surface area contributed by atoms with Crippen LogP contribution in [0.25, 0.3) is 5.65 Å². The number of carbonyl (C=O) groups excluding carboxylic acids is 1. The second-order valence-electron chi connectivity index (χ2n) is 6.45. The van der Waals surface area contributed by atoms with Gasteiger partial charge in [0.25, 0.3) is 5.91 Å². The molecule has 4 aromatic rings. The fourth-order valence-electron chi connectivity index (χ4n) is 3.11. The van der Waals surface area contributed by atoms with E-state index in [0.29, 0.717) is 35.9 Å². The molecule has 3 heterocycles. The number of amides is 1. The van der Waals surface area contributed by atoms with E-state index in [-0.39, 0.29) is 5.91 Å². The number of carbonyl (C=O) groups is 1. The number of nitrogens with one attached hydrogen (secondary N) is 1. The van der Waals surface area contributed by atoms with Crippen molar-refractivity contribution in [1.82, 2.24) is 29.7 Å². The van der Waals surface area contributed by atoms with Gasteiger partial charge in [0.1, 0.15) is 11.0 Å². The van der Waals surface area contributed by atoms with Gasteiger partial charge in [-0.3, -0.25) is 9.20 Å². The van der Waals surface area contributed by atoms with Gasteiger partial charge >= 0.3 is 0 Å². The Morgan fingerprint density at radius 3 is 2.71 bits per heavy atom. The summed E-state index contributed by atoms with van der Waals surface area (Å²) >= 11 is 6.44. The van der Waals surface area contributed by atoms with Crippen LogP contribution in [-0.4, -0.2) is 36.8 Å². The van der Waals surface area contributed by atoms with Crippen LogP contribution in [-0.2, 0) is 13.0 Å². The lowest BCUT2D eigenvalue weighted by Gasteiger charge is -2.06. The summed E-state index contributed by atoms with van der Waals surface area (Å²) < 4.78 is 3.55. The Morgan fingerprint density at radius 2 is 1.89 bits per heavy atom. The van der Waals surface area contributed by atoms with E-state index in [2.05, 4.69) is 20.6 Å². The van der Waals surface area contributed by atoms with Gasteiger partial charge in [-0.05, 0) is 24.6 Å². The Balaban J connectivity index is 1.43. The zero-order chi connectivity index (χ0) is 19.5. The molecule has 1 amide bonds. The number of hydrogen-bond donors (Lipinski definition) is 1. The highest BCUT2D eigenvalue weighted by molar-refractivity contribution is 6.33.